The molecule has 0 atom stereocenters. The van der Waals surface area contributed by atoms with Crippen molar-refractivity contribution in [3.63, 3.8) is 0 Å². The van der Waals surface area contributed by atoms with Gasteiger partial charge in [-0.05, 0) is 43.5 Å². The van der Waals surface area contributed by atoms with Crippen molar-refractivity contribution in [1.82, 2.24) is 0 Å². The van der Waals surface area contributed by atoms with Crippen LogP contribution in [-0.4, -0.2) is 30.1 Å². The quantitative estimate of drug-likeness (QED) is 0.722. The number of hydrogen-bond donors (Lipinski definition) is 1. The third-order valence-corrected chi connectivity index (χ3v) is 4.40. The van der Waals surface area contributed by atoms with Gasteiger partial charge in [0.25, 0.3) is 0 Å². The summed E-state index contributed by atoms with van der Waals surface area (Å²) >= 11 is 0. The Bertz CT molecular complexity index is 825. The Kier molecular flexibility index (Phi) is 5.56. The molecule has 0 spiro atoms. The van der Waals surface area contributed by atoms with Crippen molar-refractivity contribution < 1.29 is 24.2 Å². The summed E-state index contributed by atoms with van der Waals surface area (Å²) in [7, 11) is 0. The van der Waals surface area contributed by atoms with E-state index in [9.17, 15) is 9.59 Å². The second kappa shape index (κ2) is 8.04. The van der Waals surface area contributed by atoms with Gasteiger partial charge in [0.15, 0.2) is 5.78 Å². The average Bonchev–Trinajstić information content (AvgIpc) is 2.99. The Morgan fingerprint density at radius 2 is 1.85 bits per heavy atom. The maximum Gasteiger partial charge on any atom is 0.303 e. The monoisotopic (exact) mass is 354 g/mol. The van der Waals surface area contributed by atoms with Crippen molar-refractivity contribution in [3.05, 3.63) is 47.5 Å². The Labute approximate surface area is 152 Å². The number of aliphatic carboxylic acids is 1. The van der Waals surface area contributed by atoms with Gasteiger partial charge in [-0.15, -0.1) is 0 Å². The SMILES string of the molecule is CCOc1ccccc1-c1cc2c(cc1OCCCC(=O)O)C(=O)CC2. The van der Waals surface area contributed by atoms with E-state index in [0.717, 1.165) is 28.9 Å². The minimum Gasteiger partial charge on any atom is -0.493 e. The highest BCUT2D eigenvalue weighted by atomic mass is 16.5. The van der Waals surface area contributed by atoms with Crippen LogP contribution in [0.25, 0.3) is 11.1 Å². The molecule has 0 fully saturated rings. The molecule has 1 N–H and O–H groups in total. The van der Waals surface area contributed by atoms with Crippen LogP contribution in [0.1, 0.15) is 42.1 Å². The van der Waals surface area contributed by atoms with Crippen molar-refractivity contribution in [1.29, 1.82) is 0 Å². The first-order valence-corrected chi connectivity index (χ1v) is 8.87. The van der Waals surface area contributed by atoms with Gasteiger partial charge in [-0.25, -0.2) is 0 Å². The summed E-state index contributed by atoms with van der Waals surface area (Å²) in [6.07, 6.45) is 1.71. The number of rotatable bonds is 8. The predicted molar refractivity (Wildman–Crippen MR) is 98.1 cm³/mol. The topological polar surface area (TPSA) is 72.8 Å². The summed E-state index contributed by atoms with van der Waals surface area (Å²) in [4.78, 5) is 22.8. The van der Waals surface area contributed by atoms with E-state index in [-0.39, 0.29) is 18.8 Å². The Morgan fingerprint density at radius 3 is 2.62 bits per heavy atom. The molecule has 3 rings (SSSR count). The number of carbonyl (C=O) groups excluding carboxylic acids is 1. The van der Waals surface area contributed by atoms with E-state index in [1.165, 1.54) is 0 Å². The molecule has 0 aliphatic heterocycles. The van der Waals surface area contributed by atoms with Gasteiger partial charge in [-0.1, -0.05) is 18.2 Å². The van der Waals surface area contributed by atoms with Crippen LogP contribution in [0, 0.1) is 0 Å². The molecule has 5 heteroatoms. The highest BCUT2D eigenvalue weighted by Gasteiger charge is 2.23. The molecule has 2 aromatic rings. The molecule has 0 radical (unpaired) electrons. The number of fused-ring (bicyclic) bond motifs is 1. The van der Waals surface area contributed by atoms with Crippen molar-refractivity contribution >= 4 is 11.8 Å². The number of aryl methyl sites for hydroxylation is 1. The lowest BCUT2D eigenvalue weighted by molar-refractivity contribution is -0.137. The molecule has 1 aliphatic carbocycles. The molecule has 136 valence electrons. The molecule has 0 aromatic heterocycles. The average molecular weight is 354 g/mol. The normalized spacial score (nSPS) is 12.7. The Hall–Kier alpha value is -2.82. The summed E-state index contributed by atoms with van der Waals surface area (Å²) in [5.41, 5.74) is 3.51. The summed E-state index contributed by atoms with van der Waals surface area (Å²) in [6.45, 7) is 2.76. The molecule has 0 saturated carbocycles. The summed E-state index contributed by atoms with van der Waals surface area (Å²) in [6, 6.07) is 11.5. The van der Waals surface area contributed by atoms with E-state index in [1.54, 1.807) is 6.07 Å². The zero-order valence-corrected chi connectivity index (χ0v) is 14.8. The van der Waals surface area contributed by atoms with Crippen LogP contribution in [0.4, 0.5) is 0 Å². The minimum absolute atomic E-state index is 0.0503. The summed E-state index contributed by atoms with van der Waals surface area (Å²) < 4.78 is 11.6. The predicted octanol–water partition coefficient (Wildman–Crippen LogP) is 4.12. The van der Waals surface area contributed by atoms with E-state index < -0.39 is 5.97 Å². The standard InChI is InChI=1S/C21H22O5/c1-2-25-19-7-4-3-6-15(19)17-12-14-9-10-18(22)16(14)13-20(17)26-11-5-8-21(23)24/h3-4,6-7,12-13H,2,5,8-11H2,1H3,(H,23,24). The van der Waals surface area contributed by atoms with Gasteiger partial charge < -0.3 is 14.6 Å². The maximum absolute atomic E-state index is 12.1. The zero-order valence-electron chi connectivity index (χ0n) is 14.8. The highest BCUT2D eigenvalue weighted by molar-refractivity contribution is 6.02. The molecule has 2 aromatic carbocycles. The van der Waals surface area contributed by atoms with Crippen LogP contribution in [0.15, 0.2) is 36.4 Å². The molecule has 0 amide bonds. The number of carbonyl (C=O) groups is 2. The van der Waals surface area contributed by atoms with Crippen molar-refractivity contribution in [3.8, 4) is 22.6 Å². The highest BCUT2D eigenvalue weighted by Crippen LogP contribution is 2.40. The molecule has 0 heterocycles. The van der Waals surface area contributed by atoms with Gasteiger partial charge in [0, 0.05) is 29.5 Å². The number of ketones is 1. The van der Waals surface area contributed by atoms with Gasteiger partial charge in [0.05, 0.1) is 13.2 Å². The van der Waals surface area contributed by atoms with Gasteiger partial charge in [-0.2, -0.15) is 0 Å². The number of Topliss-reactive ketones (excluding diaryl/α,β-unsaturated/α-hetero) is 1. The lowest BCUT2D eigenvalue weighted by atomic mass is 9.98. The van der Waals surface area contributed by atoms with Crippen molar-refractivity contribution in [2.45, 2.75) is 32.6 Å². The van der Waals surface area contributed by atoms with E-state index in [4.69, 9.17) is 14.6 Å². The fraction of sp³-hybridized carbons (Fsp3) is 0.333. The number of para-hydroxylation sites is 1. The first-order valence-electron chi connectivity index (χ1n) is 8.87. The van der Waals surface area contributed by atoms with Gasteiger partial charge >= 0.3 is 5.97 Å². The lowest BCUT2D eigenvalue weighted by Crippen LogP contribution is -2.04. The van der Waals surface area contributed by atoms with Crippen LogP contribution in [0.5, 0.6) is 11.5 Å². The molecule has 1 aliphatic rings. The smallest absolute Gasteiger partial charge is 0.303 e. The number of carboxylic acid groups (broad SMARTS) is 1. The van der Waals surface area contributed by atoms with Crippen LogP contribution in [0.2, 0.25) is 0 Å². The lowest BCUT2D eigenvalue weighted by Gasteiger charge is -2.16. The van der Waals surface area contributed by atoms with E-state index in [1.807, 2.05) is 37.3 Å². The number of ether oxygens (including phenoxy) is 2. The Morgan fingerprint density at radius 1 is 1.04 bits per heavy atom. The van der Waals surface area contributed by atoms with E-state index >= 15 is 0 Å². The van der Waals surface area contributed by atoms with E-state index in [0.29, 0.717) is 30.8 Å². The van der Waals surface area contributed by atoms with Crippen LogP contribution in [0.3, 0.4) is 0 Å². The molecule has 0 bridgehead atoms. The zero-order chi connectivity index (χ0) is 18.5. The number of benzene rings is 2. The largest absolute Gasteiger partial charge is 0.493 e. The second-order valence-corrected chi connectivity index (χ2v) is 6.20. The number of hydrogen-bond acceptors (Lipinski definition) is 4. The van der Waals surface area contributed by atoms with Gasteiger partial charge in [0.1, 0.15) is 11.5 Å². The van der Waals surface area contributed by atoms with Crippen LogP contribution < -0.4 is 9.47 Å². The molecular formula is C21H22O5. The summed E-state index contributed by atoms with van der Waals surface area (Å²) in [5.74, 6) is 0.630. The molecule has 0 saturated heterocycles. The van der Waals surface area contributed by atoms with Crippen LogP contribution >= 0.6 is 0 Å². The molecule has 0 unspecified atom stereocenters. The third-order valence-electron chi connectivity index (χ3n) is 4.40. The van der Waals surface area contributed by atoms with Crippen molar-refractivity contribution in [2.75, 3.05) is 13.2 Å². The third kappa shape index (κ3) is 3.87. The minimum atomic E-state index is -0.848. The fourth-order valence-corrected chi connectivity index (χ4v) is 3.18. The second-order valence-electron chi connectivity index (χ2n) is 6.20. The maximum atomic E-state index is 12.1. The summed E-state index contributed by atoms with van der Waals surface area (Å²) in [5, 5.41) is 8.78. The fourth-order valence-electron chi connectivity index (χ4n) is 3.18. The molecule has 5 nitrogen and oxygen atoms in total. The first kappa shape index (κ1) is 18.0. The number of carboxylic acids is 1. The first-order chi connectivity index (χ1) is 12.6. The van der Waals surface area contributed by atoms with Gasteiger partial charge in [-0.3, -0.25) is 9.59 Å². The van der Waals surface area contributed by atoms with Crippen LogP contribution in [-0.2, 0) is 11.2 Å². The molecule has 26 heavy (non-hydrogen) atoms. The van der Waals surface area contributed by atoms with Crippen molar-refractivity contribution in [2.24, 2.45) is 0 Å². The molecular weight excluding hydrogens is 332 g/mol. The van der Waals surface area contributed by atoms with E-state index in [2.05, 4.69) is 0 Å². The van der Waals surface area contributed by atoms with Gasteiger partial charge in [0.2, 0.25) is 0 Å². The Balaban J connectivity index is 1.97.